The Hall–Kier alpha value is -1.84. The number of amides is 1. The molecule has 1 heterocycles. The van der Waals surface area contributed by atoms with Crippen LogP contribution in [0.2, 0.25) is 0 Å². The van der Waals surface area contributed by atoms with E-state index in [2.05, 4.69) is 5.10 Å². The standard InChI is InChI=1S/C10H11N3O/c1-7-6-12-13(10(7)14)9-4-2-8(11)3-5-9/h2-7H,11H2,1H3. The Morgan fingerprint density at radius 2 is 2.00 bits per heavy atom. The van der Waals surface area contributed by atoms with E-state index in [4.69, 9.17) is 5.73 Å². The van der Waals surface area contributed by atoms with Crippen LogP contribution in [-0.4, -0.2) is 12.1 Å². The van der Waals surface area contributed by atoms with Crippen LogP contribution in [0.4, 0.5) is 11.4 Å². The molecular formula is C10H11N3O. The second kappa shape index (κ2) is 3.14. The van der Waals surface area contributed by atoms with Gasteiger partial charge in [-0.25, -0.2) is 5.01 Å². The quantitative estimate of drug-likeness (QED) is 0.675. The van der Waals surface area contributed by atoms with Crippen LogP contribution < -0.4 is 10.7 Å². The van der Waals surface area contributed by atoms with E-state index >= 15 is 0 Å². The summed E-state index contributed by atoms with van der Waals surface area (Å²) in [4.78, 5) is 11.6. The maximum absolute atomic E-state index is 11.6. The second-order valence-electron chi connectivity index (χ2n) is 3.29. The van der Waals surface area contributed by atoms with Gasteiger partial charge in [0.15, 0.2) is 0 Å². The molecule has 14 heavy (non-hydrogen) atoms. The summed E-state index contributed by atoms with van der Waals surface area (Å²) in [6.45, 7) is 1.82. The molecule has 0 saturated heterocycles. The van der Waals surface area contributed by atoms with Crippen molar-refractivity contribution in [1.29, 1.82) is 0 Å². The van der Waals surface area contributed by atoms with Gasteiger partial charge >= 0.3 is 0 Å². The van der Waals surface area contributed by atoms with Crippen molar-refractivity contribution in [3.05, 3.63) is 24.3 Å². The largest absolute Gasteiger partial charge is 0.399 e. The number of rotatable bonds is 1. The lowest BCUT2D eigenvalue weighted by molar-refractivity contribution is -0.119. The summed E-state index contributed by atoms with van der Waals surface area (Å²) in [7, 11) is 0. The number of hydrazone groups is 1. The fourth-order valence-electron chi connectivity index (χ4n) is 1.29. The molecule has 0 fully saturated rings. The fourth-order valence-corrected chi connectivity index (χ4v) is 1.29. The fraction of sp³-hybridized carbons (Fsp3) is 0.200. The summed E-state index contributed by atoms with van der Waals surface area (Å²) in [6, 6.07) is 7.06. The van der Waals surface area contributed by atoms with Gasteiger partial charge in [0.2, 0.25) is 0 Å². The average Bonchev–Trinajstić information content (AvgIpc) is 2.50. The van der Waals surface area contributed by atoms with E-state index in [1.54, 1.807) is 30.5 Å². The lowest BCUT2D eigenvalue weighted by Gasteiger charge is -2.12. The number of carbonyl (C=O) groups is 1. The Bertz CT molecular complexity index is 383. The van der Waals surface area contributed by atoms with Crippen molar-refractivity contribution in [2.45, 2.75) is 6.92 Å². The van der Waals surface area contributed by atoms with Crippen molar-refractivity contribution in [1.82, 2.24) is 0 Å². The third-order valence-electron chi connectivity index (χ3n) is 2.14. The predicted octanol–water partition coefficient (Wildman–Crippen LogP) is 1.24. The van der Waals surface area contributed by atoms with Crippen molar-refractivity contribution >= 4 is 23.5 Å². The van der Waals surface area contributed by atoms with Gasteiger partial charge in [0.25, 0.3) is 5.91 Å². The van der Waals surface area contributed by atoms with Crippen molar-refractivity contribution in [3.8, 4) is 0 Å². The summed E-state index contributed by atoms with van der Waals surface area (Å²) >= 11 is 0. The van der Waals surface area contributed by atoms with Crippen LogP contribution in [0.3, 0.4) is 0 Å². The number of benzene rings is 1. The summed E-state index contributed by atoms with van der Waals surface area (Å²) in [6.07, 6.45) is 1.64. The normalized spacial score (nSPS) is 20.5. The van der Waals surface area contributed by atoms with Crippen LogP contribution in [-0.2, 0) is 4.79 Å². The van der Waals surface area contributed by atoms with Gasteiger partial charge in [0.05, 0.1) is 11.6 Å². The smallest absolute Gasteiger partial charge is 0.255 e. The van der Waals surface area contributed by atoms with Crippen molar-refractivity contribution in [2.75, 3.05) is 10.7 Å². The second-order valence-corrected chi connectivity index (χ2v) is 3.29. The van der Waals surface area contributed by atoms with E-state index in [1.807, 2.05) is 6.92 Å². The van der Waals surface area contributed by atoms with E-state index in [9.17, 15) is 4.79 Å². The van der Waals surface area contributed by atoms with Gasteiger partial charge < -0.3 is 5.73 Å². The van der Waals surface area contributed by atoms with Gasteiger partial charge in [0.1, 0.15) is 0 Å². The summed E-state index contributed by atoms with van der Waals surface area (Å²) < 4.78 is 0. The molecule has 0 bridgehead atoms. The minimum absolute atomic E-state index is 0.00484. The van der Waals surface area contributed by atoms with Crippen molar-refractivity contribution in [3.63, 3.8) is 0 Å². The molecule has 1 aromatic carbocycles. The first-order valence-corrected chi connectivity index (χ1v) is 4.42. The van der Waals surface area contributed by atoms with Gasteiger partial charge in [-0.15, -0.1) is 0 Å². The Labute approximate surface area is 82.0 Å². The molecule has 0 saturated carbocycles. The van der Waals surface area contributed by atoms with Gasteiger partial charge in [-0.2, -0.15) is 5.10 Å². The monoisotopic (exact) mass is 189 g/mol. The molecule has 0 radical (unpaired) electrons. The zero-order valence-corrected chi connectivity index (χ0v) is 7.84. The van der Waals surface area contributed by atoms with Crippen LogP contribution >= 0.6 is 0 Å². The highest BCUT2D eigenvalue weighted by Crippen LogP contribution is 2.21. The van der Waals surface area contributed by atoms with Gasteiger partial charge in [-0.3, -0.25) is 4.79 Å². The molecule has 1 aliphatic heterocycles. The molecule has 4 heteroatoms. The molecule has 0 spiro atoms. The van der Waals surface area contributed by atoms with Crippen molar-refractivity contribution in [2.24, 2.45) is 11.0 Å². The topological polar surface area (TPSA) is 58.7 Å². The number of carbonyl (C=O) groups excluding carboxylic acids is 1. The van der Waals surface area contributed by atoms with E-state index in [0.29, 0.717) is 5.69 Å². The maximum Gasteiger partial charge on any atom is 0.255 e. The Morgan fingerprint density at radius 3 is 2.50 bits per heavy atom. The molecule has 0 aliphatic carbocycles. The minimum atomic E-state index is -0.132. The van der Waals surface area contributed by atoms with Crippen LogP contribution in [0.25, 0.3) is 0 Å². The van der Waals surface area contributed by atoms with Gasteiger partial charge in [-0.05, 0) is 31.2 Å². The Morgan fingerprint density at radius 1 is 1.36 bits per heavy atom. The van der Waals surface area contributed by atoms with E-state index < -0.39 is 0 Å². The molecule has 2 rings (SSSR count). The van der Waals surface area contributed by atoms with Crippen LogP contribution in [0.5, 0.6) is 0 Å². The summed E-state index contributed by atoms with van der Waals surface area (Å²) in [5, 5.41) is 5.41. The molecule has 1 amide bonds. The predicted molar refractivity (Wildman–Crippen MR) is 56.0 cm³/mol. The molecule has 1 aliphatic rings. The number of anilines is 2. The summed E-state index contributed by atoms with van der Waals surface area (Å²) in [5.74, 6) is -0.137. The number of hydrogen-bond acceptors (Lipinski definition) is 3. The van der Waals surface area contributed by atoms with E-state index in [1.165, 1.54) is 5.01 Å². The van der Waals surface area contributed by atoms with Crippen LogP contribution in [0.15, 0.2) is 29.4 Å². The van der Waals surface area contributed by atoms with Gasteiger partial charge in [-0.1, -0.05) is 0 Å². The number of nitrogen functional groups attached to an aromatic ring is 1. The van der Waals surface area contributed by atoms with Gasteiger partial charge in [0, 0.05) is 11.9 Å². The maximum atomic E-state index is 11.6. The van der Waals surface area contributed by atoms with Crippen molar-refractivity contribution < 1.29 is 4.79 Å². The lowest BCUT2D eigenvalue weighted by atomic mass is 10.2. The molecule has 2 N–H and O–H groups in total. The zero-order valence-electron chi connectivity index (χ0n) is 7.84. The SMILES string of the molecule is CC1C=NN(c2ccc(N)cc2)C1=O. The molecule has 72 valence electrons. The molecule has 4 nitrogen and oxygen atoms in total. The molecule has 1 aromatic rings. The first kappa shape index (κ1) is 8.74. The van der Waals surface area contributed by atoms with Crippen LogP contribution in [0.1, 0.15) is 6.92 Å². The van der Waals surface area contributed by atoms with Crippen LogP contribution in [0, 0.1) is 5.92 Å². The number of nitrogens with zero attached hydrogens (tertiary/aromatic N) is 2. The first-order chi connectivity index (χ1) is 6.68. The highest BCUT2D eigenvalue weighted by atomic mass is 16.2. The number of nitrogens with two attached hydrogens (primary N) is 1. The highest BCUT2D eigenvalue weighted by Gasteiger charge is 2.25. The zero-order chi connectivity index (χ0) is 10.1. The first-order valence-electron chi connectivity index (χ1n) is 4.42. The third-order valence-corrected chi connectivity index (χ3v) is 2.14. The minimum Gasteiger partial charge on any atom is -0.399 e. The van der Waals surface area contributed by atoms with E-state index in [0.717, 1.165) is 5.69 Å². The highest BCUT2D eigenvalue weighted by molar-refractivity contribution is 6.07. The summed E-state index contributed by atoms with van der Waals surface area (Å²) in [5.41, 5.74) is 6.98. The van der Waals surface area contributed by atoms with E-state index in [-0.39, 0.29) is 11.8 Å². The average molecular weight is 189 g/mol. The molecule has 0 aromatic heterocycles. The third kappa shape index (κ3) is 1.35. The lowest BCUT2D eigenvalue weighted by Crippen LogP contribution is -2.24. The molecule has 1 unspecified atom stereocenters. The Kier molecular flexibility index (Phi) is 1.96. The molecule has 1 atom stereocenters. The number of hydrogen-bond donors (Lipinski definition) is 1. The molecular weight excluding hydrogens is 178 g/mol. The Balaban J connectivity index is 2.29.